The van der Waals surface area contributed by atoms with E-state index < -0.39 is 8.07 Å². The summed E-state index contributed by atoms with van der Waals surface area (Å²) in [6, 6.07) is 43.1. The number of unbranched alkanes of at least 4 members (excludes halogenated alkanes) is 3. The topological polar surface area (TPSA) is 0 Å². The maximum Gasteiger partial charge on any atom is 4.00 e. The second kappa shape index (κ2) is 14.8. The number of fused-ring (bicyclic) bond motifs is 2. The minimum Gasteiger partial charge on any atom is -0.358 e. The molecule has 0 radical (unpaired) electrons. The number of hydrogen-bond donors (Lipinski definition) is 0. The van der Waals surface area contributed by atoms with E-state index in [4.69, 9.17) is 0 Å². The fourth-order valence-electron chi connectivity index (χ4n) is 6.44. The summed E-state index contributed by atoms with van der Waals surface area (Å²) in [5.74, 6) is 0. The number of rotatable bonds is 9. The molecule has 0 aliphatic heterocycles. The Labute approximate surface area is 280 Å². The van der Waals surface area contributed by atoms with Crippen molar-refractivity contribution in [1.29, 1.82) is 0 Å². The maximum atomic E-state index is 2.62. The van der Waals surface area contributed by atoms with Crippen LogP contribution in [0, 0.1) is 28.7 Å². The molecule has 0 saturated heterocycles. The zero-order valence-corrected chi connectivity index (χ0v) is 31.5. The molecule has 0 heterocycles. The summed E-state index contributed by atoms with van der Waals surface area (Å²) in [4.78, 5) is 0. The molecule has 0 saturated carbocycles. The van der Waals surface area contributed by atoms with Crippen LogP contribution in [0.25, 0.3) is 43.8 Å². The van der Waals surface area contributed by atoms with Gasteiger partial charge in [-0.1, -0.05) is 128 Å². The first-order valence-corrected chi connectivity index (χ1v) is 17.7. The van der Waals surface area contributed by atoms with Crippen molar-refractivity contribution in [1.82, 2.24) is 0 Å². The van der Waals surface area contributed by atoms with Gasteiger partial charge in [0.1, 0.15) is 0 Å². The fraction of sp³-hybridized carbons (Fsp3) is 0.220. The summed E-state index contributed by atoms with van der Waals surface area (Å²) in [7, 11) is -1.98. The zero-order valence-electron chi connectivity index (χ0n) is 26.9. The molecular formula is C41H46HfSi. The van der Waals surface area contributed by atoms with Crippen LogP contribution in [0.2, 0.25) is 12.6 Å². The quantitative estimate of drug-likeness (QED) is 0.0786. The average Bonchev–Trinajstić information content (AvgIpc) is 3.62. The first-order chi connectivity index (χ1) is 19.5. The van der Waals surface area contributed by atoms with Crippen molar-refractivity contribution in [2.45, 2.75) is 59.0 Å². The molecule has 2 heteroatoms. The molecule has 0 fully saturated rings. The van der Waals surface area contributed by atoms with Gasteiger partial charge in [-0.15, -0.1) is 68.3 Å². The van der Waals surface area contributed by atoms with Gasteiger partial charge in [-0.3, -0.25) is 0 Å². The Morgan fingerprint density at radius 1 is 0.581 bits per heavy atom. The molecule has 6 rings (SSSR count). The Bertz CT molecular complexity index is 1620. The molecule has 0 unspecified atom stereocenters. The third-order valence-corrected chi connectivity index (χ3v) is 13.5. The summed E-state index contributed by atoms with van der Waals surface area (Å²) in [5, 5.41) is 8.68. The second-order valence-electron chi connectivity index (χ2n) is 12.0. The van der Waals surface area contributed by atoms with E-state index in [0.29, 0.717) is 0 Å². The second-order valence-corrected chi connectivity index (χ2v) is 16.3. The van der Waals surface area contributed by atoms with Gasteiger partial charge < -0.3 is 14.9 Å². The van der Waals surface area contributed by atoms with Crippen LogP contribution in [-0.2, 0) is 25.8 Å². The molecule has 218 valence electrons. The molecule has 0 spiro atoms. The predicted molar refractivity (Wildman–Crippen MR) is 192 cm³/mol. The summed E-state index contributed by atoms with van der Waals surface area (Å²) in [6.45, 7) is 9.26. The van der Waals surface area contributed by atoms with Crippen LogP contribution < -0.4 is 10.4 Å². The van der Waals surface area contributed by atoms with E-state index in [-0.39, 0.29) is 40.7 Å². The van der Waals surface area contributed by atoms with Gasteiger partial charge in [0.15, 0.2) is 0 Å². The van der Waals surface area contributed by atoms with E-state index >= 15 is 0 Å². The molecule has 0 aliphatic rings. The van der Waals surface area contributed by atoms with Crippen molar-refractivity contribution in [3.63, 3.8) is 0 Å². The van der Waals surface area contributed by atoms with Crippen LogP contribution in [-0.4, -0.2) is 8.07 Å². The zero-order chi connectivity index (χ0) is 27.7. The van der Waals surface area contributed by atoms with E-state index in [1.54, 1.807) is 10.4 Å². The number of hydrogen-bond acceptors (Lipinski definition) is 0. The maximum absolute atomic E-state index is 2.62. The third kappa shape index (κ3) is 6.97. The SMILES string of the molecule is CCCCCC[Si](C)(c1cc2c(-c3ccc(C)cc3)cccc2[cH-]1)c1cc2c(-c3ccc(C)cc3)cccc2[cH-]1.[CH3-].[CH3-].[Hf+4]. The molecule has 0 amide bonds. The summed E-state index contributed by atoms with van der Waals surface area (Å²) in [5.41, 5.74) is 7.92. The largest absolute Gasteiger partial charge is 4.00 e. The Kier molecular flexibility index (Phi) is 11.9. The number of benzene rings is 4. The molecule has 0 bridgehead atoms. The third-order valence-electron chi connectivity index (χ3n) is 9.03. The van der Waals surface area contributed by atoms with Crippen molar-refractivity contribution < 1.29 is 25.8 Å². The fourth-order valence-corrected chi connectivity index (χ4v) is 10.2. The predicted octanol–water partition coefficient (Wildman–Crippen LogP) is 11.1. The van der Waals surface area contributed by atoms with Crippen LogP contribution in [0.15, 0.2) is 109 Å². The standard InChI is InChI=1S/C39H40Si.2CH3.Hf/c1-5-6-7-8-23-40(4,34-24-32-11-9-13-36(38(32)26-34)30-19-15-28(2)16-20-30)35-25-33-12-10-14-37(39(33)27-35)31-21-17-29(3)18-22-31;;;/h9-22,24-27H,5-8,23H2,1-4H3;2*1H3;/q-2;2*-1;+4. The monoisotopic (exact) mass is 746 g/mol. The Balaban J connectivity index is 0.00000169. The van der Waals surface area contributed by atoms with Crippen molar-refractivity contribution in [2.75, 3.05) is 0 Å². The van der Waals surface area contributed by atoms with Gasteiger partial charge in [0, 0.05) is 0 Å². The van der Waals surface area contributed by atoms with Gasteiger partial charge in [0.25, 0.3) is 0 Å². The van der Waals surface area contributed by atoms with Crippen molar-refractivity contribution >= 4 is 40.0 Å². The Morgan fingerprint density at radius 2 is 1.02 bits per heavy atom. The van der Waals surface area contributed by atoms with E-state index in [1.807, 2.05) is 0 Å². The normalized spacial score (nSPS) is 11.2. The van der Waals surface area contributed by atoms with E-state index in [1.165, 1.54) is 86.7 Å². The Hall–Kier alpha value is -2.81. The molecule has 43 heavy (non-hydrogen) atoms. The van der Waals surface area contributed by atoms with Gasteiger partial charge >= 0.3 is 25.8 Å². The molecule has 0 aromatic heterocycles. The van der Waals surface area contributed by atoms with Gasteiger partial charge in [-0.05, 0) is 25.0 Å². The smallest absolute Gasteiger partial charge is 0.358 e. The Morgan fingerprint density at radius 3 is 1.44 bits per heavy atom. The van der Waals surface area contributed by atoms with Gasteiger partial charge in [-0.2, -0.15) is 12.1 Å². The van der Waals surface area contributed by atoms with E-state index in [2.05, 4.69) is 137 Å². The van der Waals surface area contributed by atoms with Crippen LogP contribution in [0.1, 0.15) is 43.7 Å². The molecule has 0 aliphatic carbocycles. The van der Waals surface area contributed by atoms with Crippen LogP contribution in [0.4, 0.5) is 0 Å². The van der Waals surface area contributed by atoms with Crippen LogP contribution in [0.3, 0.4) is 0 Å². The summed E-state index contributed by atoms with van der Waals surface area (Å²) in [6.07, 6.45) is 5.22. The molecule has 6 aromatic carbocycles. The first kappa shape index (κ1) is 34.7. The summed E-state index contributed by atoms with van der Waals surface area (Å²) >= 11 is 0. The average molecular weight is 745 g/mol. The van der Waals surface area contributed by atoms with E-state index in [0.717, 1.165) is 0 Å². The molecule has 6 aromatic rings. The van der Waals surface area contributed by atoms with Crippen molar-refractivity contribution in [3.05, 3.63) is 135 Å². The van der Waals surface area contributed by atoms with Gasteiger partial charge in [0.2, 0.25) is 0 Å². The minimum atomic E-state index is -1.98. The van der Waals surface area contributed by atoms with Gasteiger partial charge in [0.05, 0.1) is 8.07 Å². The van der Waals surface area contributed by atoms with Crippen LogP contribution in [0.5, 0.6) is 0 Å². The molecule has 0 nitrogen and oxygen atoms in total. The molecular weight excluding hydrogens is 699 g/mol. The molecule has 0 N–H and O–H groups in total. The van der Waals surface area contributed by atoms with Crippen molar-refractivity contribution in [2.24, 2.45) is 0 Å². The van der Waals surface area contributed by atoms with Gasteiger partial charge in [-0.25, -0.2) is 0 Å². The number of aryl methyl sites for hydroxylation is 2. The summed E-state index contributed by atoms with van der Waals surface area (Å²) < 4.78 is 0. The molecule has 0 atom stereocenters. The van der Waals surface area contributed by atoms with Crippen molar-refractivity contribution in [3.8, 4) is 22.3 Å². The first-order valence-electron chi connectivity index (χ1n) is 15.0. The van der Waals surface area contributed by atoms with E-state index in [9.17, 15) is 0 Å². The minimum absolute atomic E-state index is 0. The van der Waals surface area contributed by atoms with Crippen LogP contribution >= 0.6 is 0 Å².